The van der Waals surface area contributed by atoms with Crippen LogP contribution in [0.2, 0.25) is 0 Å². The third-order valence-corrected chi connectivity index (χ3v) is 11.5. The lowest BCUT2D eigenvalue weighted by molar-refractivity contribution is 1.83. The molecule has 0 saturated heterocycles. The molecule has 0 spiro atoms. The van der Waals surface area contributed by atoms with Gasteiger partial charge in [0, 0.05) is 0 Å². The maximum Gasteiger partial charge on any atom is 0.115 e. The standard InChI is InChI=1S/C36B24/c37-13-3-1(9-20(44)31(55)35(59)32(56)21(9)45)5-6(16(40)28(52)27(51)15(5)39)2(10-22(46)33(57)36(60)34(58)23(10)47)4(3)14(38)19(43)11(13)7-8-12(24(48)26(50)17(7)41)25(49)30(54)29(53)18(8)42. The first kappa shape index (κ1) is 44.9. The average molecular weight is 692 g/mol. The molecule has 24 heteroatoms. The van der Waals surface area contributed by atoms with E-state index >= 15 is 0 Å². The molecule has 0 aromatic heterocycles. The van der Waals surface area contributed by atoms with E-state index in [9.17, 15) is 0 Å². The Hall–Kier alpha value is -3.12. The van der Waals surface area contributed by atoms with Gasteiger partial charge in [0.15, 0.2) is 0 Å². The zero-order valence-electron chi connectivity index (χ0n) is 31.9. The van der Waals surface area contributed by atoms with Crippen molar-refractivity contribution in [3.05, 3.63) is 0 Å². The lowest BCUT2D eigenvalue weighted by atomic mass is 9.54. The van der Waals surface area contributed by atoms with Crippen molar-refractivity contribution in [3.63, 3.8) is 0 Å². The van der Waals surface area contributed by atoms with E-state index in [1.54, 1.807) is 0 Å². The first-order valence-corrected chi connectivity index (χ1v) is 17.4. The van der Waals surface area contributed by atoms with Gasteiger partial charge in [-0.05, 0) is 65.7 Å². The molecule has 48 radical (unpaired) electrons. The molecule has 0 nitrogen and oxygen atoms in total. The van der Waals surface area contributed by atoms with Crippen molar-refractivity contribution in [2.45, 2.75) is 0 Å². The van der Waals surface area contributed by atoms with Crippen molar-refractivity contribution in [1.82, 2.24) is 0 Å². The molecule has 0 unspecified atom stereocenters. The Balaban J connectivity index is 1.97. The predicted octanol–water partition coefficient (Wildman–Crippen LogP) is -18.8. The summed E-state index contributed by atoms with van der Waals surface area (Å²) in [6, 6.07) is 0. The van der Waals surface area contributed by atoms with Crippen molar-refractivity contribution in [2.75, 3.05) is 0 Å². The Morgan fingerprint density at radius 3 is 0.567 bits per heavy atom. The van der Waals surface area contributed by atoms with E-state index in [0.717, 1.165) is 0 Å². The van der Waals surface area contributed by atoms with Gasteiger partial charge in [0.1, 0.15) is 188 Å². The molecule has 0 aliphatic carbocycles. The lowest BCUT2D eigenvalue weighted by Crippen LogP contribution is -2.56. The average Bonchev–Trinajstić information content (AvgIpc) is 3.22. The van der Waals surface area contributed by atoms with Gasteiger partial charge in [0.05, 0.1) is 0 Å². The molecule has 0 heterocycles. The second kappa shape index (κ2) is 15.3. The molecule has 0 fully saturated rings. The van der Waals surface area contributed by atoms with Gasteiger partial charge in [0.25, 0.3) is 0 Å². The molecule has 0 N–H and O–H groups in total. The van der Waals surface area contributed by atoms with Crippen LogP contribution in [0.1, 0.15) is 0 Å². The fraction of sp³-hybridized carbons (Fsp3) is 0. The summed E-state index contributed by atoms with van der Waals surface area (Å²) in [6.45, 7) is 0. The van der Waals surface area contributed by atoms with Crippen LogP contribution in [0.25, 0.3) is 65.7 Å². The summed E-state index contributed by atoms with van der Waals surface area (Å²) in [5.74, 6) is 0. The van der Waals surface area contributed by atoms with Crippen molar-refractivity contribution in [1.29, 1.82) is 0 Å². The molecule has 0 aliphatic heterocycles. The van der Waals surface area contributed by atoms with Crippen molar-refractivity contribution in [3.8, 4) is 33.4 Å². The second-order valence-corrected chi connectivity index (χ2v) is 14.4. The van der Waals surface area contributed by atoms with Gasteiger partial charge in [-0.1, -0.05) is 71.0 Å². The summed E-state index contributed by atoms with van der Waals surface area (Å²) in [5, 5.41) is 0.145. The van der Waals surface area contributed by atoms with Gasteiger partial charge >= 0.3 is 0 Å². The van der Waals surface area contributed by atoms with Crippen LogP contribution in [-0.4, -0.2) is 188 Å². The largest absolute Gasteiger partial charge is 0.115 e. The quantitative estimate of drug-likeness (QED) is 0.128. The zero-order valence-corrected chi connectivity index (χ0v) is 31.9. The van der Waals surface area contributed by atoms with Gasteiger partial charge in [-0.3, -0.25) is 0 Å². The minimum absolute atomic E-state index is 0.00503. The van der Waals surface area contributed by atoms with E-state index < -0.39 is 0 Å². The first-order chi connectivity index (χ1) is 27.9. The first-order valence-electron chi connectivity index (χ1n) is 17.4. The molecule has 60 heavy (non-hydrogen) atoms. The van der Waals surface area contributed by atoms with Crippen molar-refractivity contribution in [2.24, 2.45) is 0 Å². The molecule has 0 atom stereocenters. The number of benzene rings is 7. The molecule has 216 valence electrons. The Kier molecular flexibility index (Phi) is 11.5. The number of rotatable bonds is 3. The van der Waals surface area contributed by atoms with Gasteiger partial charge in [-0.2, -0.15) is 0 Å². The number of hydrogen-bond acceptors (Lipinski definition) is 0. The highest BCUT2D eigenvalue weighted by Crippen LogP contribution is 2.39. The van der Waals surface area contributed by atoms with E-state index in [0.29, 0.717) is 0 Å². The SMILES string of the molecule is [B]c1c([B])c([B])c(-c2c3c([B])c([B])c([B])c([B])c3c(-c3c([B])c([B])c([B])c([B])c3[B])c3c([B])c(-c4c([B])c([B])c([B])c5c([B])c([B])c([B])c([B])c45)c([B])c([B])c23)c([B])c1[B]. The summed E-state index contributed by atoms with van der Waals surface area (Å²) in [4.78, 5) is 0. The van der Waals surface area contributed by atoms with Gasteiger partial charge < -0.3 is 0 Å². The van der Waals surface area contributed by atoms with Crippen LogP contribution in [0.3, 0.4) is 0 Å². The number of hydrogen-bond donors (Lipinski definition) is 0. The van der Waals surface area contributed by atoms with Crippen molar-refractivity contribution < 1.29 is 0 Å². The normalized spacial score (nSPS) is 11.6. The van der Waals surface area contributed by atoms with Crippen molar-refractivity contribution >= 4 is 352 Å². The Bertz CT molecular complexity index is 3120. The maximum atomic E-state index is 7.40. The monoisotopic (exact) mass is 696 g/mol. The summed E-state index contributed by atoms with van der Waals surface area (Å²) in [7, 11) is 160. The van der Waals surface area contributed by atoms with Gasteiger partial charge in [-0.15, -0.1) is 60.1 Å². The van der Waals surface area contributed by atoms with Crippen LogP contribution in [0.4, 0.5) is 0 Å². The summed E-state index contributed by atoms with van der Waals surface area (Å²) in [6.07, 6.45) is 0. The highest BCUT2D eigenvalue weighted by molar-refractivity contribution is 6.76. The molecule has 7 aromatic carbocycles. The summed E-state index contributed by atoms with van der Waals surface area (Å²) in [5.41, 5.74) is -3.78. The number of fused-ring (bicyclic) bond motifs is 3. The van der Waals surface area contributed by atoms with E-state index in [1.807, 2.05) is 0 Å². The fourth-order valence-corrected chi connectivity index (χ4v) is 8.11. The van der Waals surface area contributed by atoms with E-state index in [2.05, 4.69) is 0 Å². The fourth-order valence-electron chi connectivity index (χ4n) is 8.11. The Morgan fingerprint density at radius 2 is 0.250 bits per heavy atom. The molecule has 0 bridgehead atoms. The lowest BCUT2D eigenvalue weighted by Gasteiger charge is -2.34. The highest BCUT2D eigenvalue weighted by atomic mass is 14.3. The predicted molar refractivity (Wildman–Crippen MR) is 285 cm³/mol. The van der Waals surface area contributed by atoms with Crippen LogP contribution in [0, 0.1) is 0 Å². The van der Waals surface area contributed by atoms with E-state index in [-0.39, 0.29) is 197 Å². The third kappa shape index (κ3) is 5.86. The van der Waals surface area contributed by atoms with Crippen LogP contribution < -0.4 is 131 Å². The zero-order chi connectivity index (χ0) is 44.8. The Labute approximate surface area is 382 Å². The smallest absolute Gasteiger partial charge is 0.112 e. The van der Waals surface area contributed by atoms with Gasteiger partial charge in [0.2, 0.25) is 0 Å². The summed E-state index contributed by atoms with van der Waals surface area (Å²) >= 11 is 0. The van der Waals surface area contributed by atoms with Crippen LogP contribution in [-0.2, 0) is 0 Å². The molecule has 7 rings (SSSR count). The van der Waals surface area contributed by atoms with E-state index in [4.69, 9.17) is 188 Å². The highest BCUT2D eigenvalue weighted by Gasteiger charge is 2.30. The van der Waals surface area contributed by atoms with E-state index in [1.165, 1.54) is 0 Å². The maximum absolute atomic E-state index is 7.40. The molecule has 0 amide bonds. The molecule has 0 aliphatic rings. The molecule has 7 aromatic rings. The topological polar surface area (TPSA) is 0 Å². The van der Waals surface area contributed by atoms with Crippen LogP contribution >= 0.6 is 0 Å². The minimum Gasteiger partial charge on any atom is -0.112 e. The molecular formula is C36B24. The minimum atomic E-state index is -0.224. The molecular weight excluding hydrogens is 692 g/mol. The van der Waals surface area contributed by atoms with Crippen LogP contribution in [0.15, 0.2) is 0 Å². The Morgan fingerprint density at radius 1 is 0.100 bits per heavy atom. The second-order valence-electron chi connectivity index (χ2n) is 14.4. The third-order valence-electron chi connectivity index (χ3n) is 11.5. The molecule has 0 saturated carbocycles. The van der Waals surface area contributed by atoms with Crippen LogP contribution in [0.5, 0.6) is 0 Å². The van der Waals surface area contributed by atoms with Gasteiger partial charge in [-0.25, -0.2) is 0 Å². The summed E-state index contributed by atoms with van der Waals surface area (Å²) < 4.78 is 0.